The van der Waals surface area contributed by atoms with Gasteiger partial charge in [-0.3, -0.25) is 0 Å². The molecule has 2 rings (SSSR count). The molecule has 0 radical (unpaired) electrons. The maximum Gasteiger partial charge on any atom is 0.496 e. The van der Waals surface area contributed by atoms with Crippen LogP contribution in [0.25, 0.3) is 0 Å². The van der Waals surface area contributed by atoms with Crippen LogP contribution in [0.5, 0.6) is 5.75 Å². The van der Waals surface area contributed by atoms with E-state index in [1.165, 1.54) is 0 Å². The Labute approximate surface area is 135 Å². The highest BCUT2D eigenvalue weighted by Crippen LogP contribution is 2.37. The highest BCUT2D eigenvalue weighted by Gasteiger charge is 2.52. The van der Waals surface area contributed by atoms with Crippen molar-refractivity contribution < 1.29 is 14.4 Å². The summed E-state index contributed by atoms with van der Waals surface area (Å²) in [5.41, 5.74) is 0.158. The molecule has 0 atom stereocenters. The highest BCUT2D eigenvalue weighted by molar-refractivity contribution is 14.1. The van der Waals surface area contributed by atoms with E-state index >= 15 is 0 Å². The van der Waals surface area contributed by atoms with E-state index in [0.717, 1.165) is 12.6 Å². The third kappa shape index (κ3) is 2.53. The van der Waals surface area contributed by atoms with E-state index in [-0.39, 0.29) is 17.0 Å². The summed E-state index contributed by atoms with van der Waals surface area (Å²) in [6, 6.07) is 3.66. The predicted molar refractivity (Wildman–Crippen MR) is 89.3 cm³/mol. The second-order valence-corrected chi connectivity index (χ2v) is 7.74. The molecule has 0 amide bonds. The topological polar surface area (TPSA) is 38.7 Å². The molecule has 98 valence electrons. The van der Waals surface area contributed by atoms with E-state index in [9.17, 15) is 5.11 Å². The fourth-order valence-corrected chi connectivity index (χ4v) is 3.49. The van der Waals surface area contributed by atoms with Crippen LogP contribution >= 0.6 is 45.2 Å². The van der Waals surface area contributed by atoms with E-state index in [4.69, 9.17) is 9.31 Å². The number of halogens is 2. The molecule has 0 bridgehead atoms. The smallest absolute Gasteiger partial charge is 0.496 e. The maximum atomic E-state index is 9.82. The Hall–Kier alpha value is 0.465. The summed E-state index contributed by atoms with van der Waals surface area (Å²) in [5, 5.41) is 9.82. The van der Waals surface area contributed by atoms with Crippen molar-refractivity contribution in [3.63, 3.8) is 0 Å². The zero-order valence-electron chi connectivity index (χ0n) is 10.8. The summed E-state index contributed by atoms with van der Waals surface area (Å²) >= 11 is 4.35. The average molecular weight is 472 g/mol. The molecular formula is C12H15BI2O3. The van der Waals surface area contributed by atoms with Gasteiger partial charge in [-0.1, -0.05) is 0 Å². The summed E-state index contributed by atoms with van der Waals surface area (Å²) < 4.78 is 13.8. The van der Waals surface area contributed by atoms with Crippen molar-refractivity contribution >= 4 is 57.8 Å². The minimum atomic E-state index is -0.426. The molecule has 0 aliphatic carbocycles. The third-order valence-corrected chi connectivity index (χ3v) is 5.37. The lowest BCUT2D eigenvalue weighted by Gasteiger charge is -2.32. The lowest BCUT2D eigenvalue weighted by molar-refractivity contribution is 0.00578. The second-order valence-electron chi connectivity index (χ2n) is 5.41. The number of phenolic OH excluding ortho intramolecular Hbond substituents is 1. The third-order valence-electron chi connectivity index (χ3n) is 3.57. The van der Waals surface area contributed by atoms with Crippen molar-refractivity contribution in [3.05, 3.63) is 19.3 Å². The van der Waals surface area contributed by atoms with Crippen molar-refractivity contribution in [1.29, 1.82) is 0 Å². The number of phenols is 1. The molecule has 0 aromatic heterocycles. The molecule has 18 heavy (non-hydrogen) atoms. The fraction of sp³-hybridized carbons (Fsp3) is 0.500. The van der Waals surface area contributed by atoms with Gasteiger partial charge in [0.1, 0.15) is 5.75 Å². The van der Waals surface area contributed by atoms with Gasteiger partial charge in [0, 0.05) is 3.57 Å². The van der Waals surface area contributed by atoms with Crippen molar-refractivity contribution in [2.75, 3.05) is 0 Å². The van der Waals surface area contributed by atoms with Gasteiger partial charge in [-0.05, 0) is 90.5 Å². The first-order valence-corrected chi connectivity index (χ1v) is 7.83. The summed E-state index contributed by atoms with van der Waals surface area (Å²) in [4.78, 5) is 0. The van der Waals surface area contributed by atoms with Crippen LogP contribution in [0.15, 0.2) is 12.1 Å². The van der Waals surface area contributed by atoms with Gasteiger partial charge in [0.2, 0.25) is 0 Å². The molecule has 1 saturated heterocycles. The number of aromatic hydroxyl groups is 1. The molecule has 1 fully saturated rings. The number of benzene rings is 1. The normalized spacial score (nSPS) is 21.3. The van der Waals surface area contributed by atoms with E-state index in [2.05, 4.69) is 45.2 Å². The van der Waals surface area contributed by atoms with Gasteiger partial charge in [-0.15, -0.1) is 0 Å². The van der Waals surface area contributed by atoms with E-state index < -0.39 is 7.12 Å². The minimum absolute atomic E-state index is 0.265. The van der Waals surface area contributed by atoms with Crippen molar-refractivity contribution in [2.24, 2.45) is 0 Å². The molecule has 0 saturated carbocycles. The highest BCUT2D eigenvalue weighted by atomic mass is 127. The van der Waals surface area contributed by atoms with Gasteiger partial charge in [-0.2, -0.15) is 0 Å². The molecule has 0 unspecified atom stereocenters. The first-order chi connectivity index (χ1) is 8.14. The van der Waals surface area contributed by atoms with Crippen molar-refractivity contribution in [1.82, 2.24) is 0 Å². The van der Waals surface area contributed by atoms with Crippen LogP contribution in [-0.2, 0) is 9.31 Å². The lowest BCUT2D eigenvalue weighted by atomic mass is 9.79. The molecular weight excluding hydrogens is 457 g/mol. The average Bonchev–Trinajstić information content (AvgIpc) is 2.42. The zero-order valence-corrected chi connectivity index (χ0v) is 15.1. The monoisotopic (exact) mass is 472 g/mol. The van der Waals surface area contributed by atoms with Gasteiger partial charge in [-0.25, -0.2) is 0 Å². The Morgan fingerprint density at radius 1 is 1.00 bits per heavy atom. The number of hydrogen-bond acceptors (Lipinski definition) is 3. The van der Waals surface area contributed by atoms with Crippen molar-refractivity contribution in [2.45, 2.75) is 38.9 Å². The van der Waals surface area contributed by atoms with Crippen LogP contribution in [0.2, 0.25) is 0 Å². The Morgan fingerprint density at radius 2 is 1.50 bits per heavy atom. The first kappa shape index (κ1) is 14.9. The molecule has 1 heterocycles. The molecule has 1 N–H and O–H groups in total. The number of hydrogen-bond donors (Lipinski definition) is 1. The van der Waals surface area contributed by atoms with Crippen LogP contribution in [0.3, 0.4) is 0 Å². The zero-order chi connectivity index (χ0) is 13.7. The summed E-state index contributed by atoms with van der Waals surface area (Å²) in [6.45, 7) is 8.08. The van der Waals surface area contributed by atoms with E-state index in [1.54, 1.807) is 6.07 Å². The minimum Gasteiger partial charge on any atom is -0.507 e. The maximum absolute atomic E-state index is 9.82. The van der Waals surface area contributed by atoms with E-state index in [1.807, 2.05) is 33.8 Å². The molecule has 3 nitrogen and oxygen atoms in total. The number of rotatable bonds is 1. The standard InChI is InChI=1S/C12H15BI2O3/c1-11(2)12(3,4)18-13(17-11)7-5-10(16)9(15)6-8(7)14/h5-6,16H,1-4H3. The van der Waals surface area contributed by atoms with Crippen LogP contribution in [0, 0.1) is 7.14 Å². The Kier molecular flexibility index (Phi) is 3.95. The van der Waals surface area contributed by atoms with Crippen LogP contribution in [0.4, 0.5) is 0 Å². The van der Waals surface area contributed by atoms with Crippen LogP contribution in [-0.4, -0.2) is 23.4 Å². The van der Waals surface area contributed by atoms with Crippen molar-refractivity contribution in [3.8, 4) is 5.75 Å². The Bertz CT molecular complexity index is 472. The van der Waals surface area contributed by atoms with Gasteiger partial charge in [0.15, 0.2) is 0 Å². The SMILES string of the molecule is CC1(C)OB(c2cc(O)c(I)cc2I)OC1(C)C. The van der Waals surface area contributed by atoms with Gasteiger partial charge in [0.25, 0.3) is 0 Å². The predicted octanol–water partition coefficient (Wildman–Crippen LogP) is 2.90. The summed E-state index contributed by atoms with van der Waals surface area (Å²) in [6.07, 6.45) is 0. The quantitative estimate of drug-likeness (QED) is 0.506. The van der Waals surface area contributed by atoms with Crippen LogP contribution in [0.1, 0.15) is 27.7 Å². The van der Waals surface area contributed by atoms with Gasteiger partial charge in [0.05, 0.1) is 14.8 Å². The van der Waals surface area contributed by atoms with Crippen LogP contribution < -0.4 is 5.46 Å². The lowest BCUT2D eigenvalue weighted by Crippen LogP contribution is -2.41. The Balaban J connectivity index is 2.38. The molecule has 1 aromatic rings. The molecule has 1 aliphatic rings. The molecule has 1 aromatic carbocycles. The molecule has 0 spiro atoms. The molecule has 6 heteroatoms. The second kappa shape index (κ2) is 4.78. The summed E-state index contributed by atoms with van der Waals surface area (Å²) in [7, 11) is -0.426. The summed E-state index contributed by atoms with van der Waals surface area (Å²) in [5.74, 6) is 0.265. The molecule has 1 aliphatic heterocycles. The fourth-order valence-electron chi connectivity index (χ4n) is 1.70. The largest absolute Gasteiger partial charge is 0.507 e. The van der Waals surface area contributed by atoms with Gasteiger partial charge < -0.3 is 14.4 Å². The Morgan fingerprint density at radius 3 is 2.00 bits per heavy atom. The first-order valence-electron chi connectivity index (χ1n) is 5.67. The van der Waals surface area contributed by atoms with Gasteiger partial charge >= 0.3 is 7.12 Å². The van der Waals surface area contributed by atoms with E-state index in [0.29, 0.717) is 0 Å².